The SMILES string of the molecule is CC(C)C1(O)CN(C(=O)c2ccccc2)C1. The Labute approximate surface area is 95.7 Å². The van der Waals surface area contributed by atoms with E-state index in [4.69, 9.17) is 0 Å². The molecule has 1 amide bonds. The topological polar surface area (TPSA) is 40.5 Å². The number of benzene rings is 1. The molecule has 1 aromatic rings. The van der Waals surface area contributed by atoms with Crippen molar-refractivity contribution >= 4 is 5.91 Å². The monoisotopic (exact) mass is 219 g/mol. The first-order chi connectivity index (χ1) is 7.53. The van der Waals surface area contributed by atoms with Gasteiger partial charge in [0.2, 0.25) is 0 Å². The zero-order valence-electron chi connectivity index (χ0n) is 9.68. The second-order valence-corrected chi connectivity index (χ2v) is 4.79. The Morgan fingerprint density at radius 1 is 1.31 bits per heavy atom. The Balaban J connectivity index is 2.01. The molecule has 0 spiro atoms. The van der Waals surface area contributed by atoms with Crippen molar-refractivity contribution in [2.45, 2.75) is 19.4 Å². The summed E-state index contributed by atoms with van der Waals surface area (Å²) in [7, 11) is 0. The Morgan fingerprint density at radius 3 is 2.38 bits per heavy atom. The lowest BCUT2D eigenvalue weighted by atomic mass is 9.82. The summed E-state index contributed by atoms with van der Waals surface area (Å²) in [6.07, 6.45) is 0. The van der Waals surface area contributed by atoms with Crippen LogP contribution >= 0.6 is 0 Å². The van der Waals surface area contributed by atoms with Gasteiger partial charge in [-0.2, -0.15) is 0 Å². The molecule has 0 radical (unpaired) electrons. The summed E-state index contributed by atoms with van der Waals surface area (Å²) in [5.41, 5.74) is -0.00179. The van der Waals surface area contributed by atoms with Gasteiger partial charge in [0, 0.05) is 5.56 Å². The first kappa shape index (κ1) is 11.1. The minimum atomic E-state index is -0.690. The number of nitrogens with zero attached hydrogens (tertiary/aromatic N) is 1. The van der Waals surface area contributed by atoms with Crippen LogP contribution in [0.5, 0.6) is 0 Å². The predicted molar refractivity (Wildman–Crippen MR) is 62.1 cm³/mol. The first-order valence-corrected chi connectivity index (χ1v) is 5.59. The Bertz CT molecular complexity index is 380. The lowest BCUT2D eigenvalue weighted by molar-refractivity contribution is -0.110. The fourth-order valence-electron chi connectivity index (χ4n) is 1.89. The Morgan fingerprint density at radius 2 is 1.88 bits per heavy atom. The van der Waals surface area contributed by atoms with E-state index in [1.807, 2.05) is 32.0 Å². The first-order valence-electron chi connectivity index (χ1n) is 5.59. The molecule has 1 aliphatic rings. The van der Waals surface area contributed by atoms with Gasteiger partial charge >= 0.3 is 0 Å². The number of carbonyl (C=O) groups is 1. The smallest absolute Gasteiger partial charge is 0.254 e. The van der Waals surface area contributed by atoms with Crippen molar-refractivity contribution in [1.29, 1.82) is 0 Å². The molecule has 0 aliphatic carbocycles. The Hall–Kier alpha value is -1.35. The van der Waals surface area contributed by atoms with Crippen LogP contribution in [-0.4, -0.2) is 34.6 Å². The third-order valence-corrected chi connectivity index (χ3v) is 3.31. The Kier molecular flexibility index (Phi) is 2.72. The molecular formula is C13H17NO2. The number of β-amino-alcohol motifs (C(OH)–C–C–N with tert-alkyl or cyclic N) is 1. The number of hydrogen-bond acceptors (Lipinski definition) is 2. The van der Waals surface area contributed by atoms with Crippen molar-refractivity contribution in [3.8, 4) is 0 Å². The third-order valence-electron chi connectivity index (χ3n) is 3.31. The van der Waals surface area contributed by atoms with Crippen LogP contribution in [0, 0.1) is 5.92 Å². The molecular weight excluding hydrogens is 202 g/mol. The zero-order valence-corrected chi connectivity index (χ0v) is 9.68. The van der Waals surface area contributed by atoms with Gasteiger partial charge in [-0.05, 0) is 18.1 Å². The van der Waals surface area contributed by atoms with Crippen molar-refractivity contribution in [3.63, 3.8) is 0 Å². The highest BCUT2D eigenvalue weighted by atomic mass is 16.3. The molecule has 3 heteroatoms. The van der Waals surface area contributed by atoms with Crippen LogP contribution in [0.25, 0.3) is 0 Å². The average Bonchev–Trinajstić information content (AvgIpc) is 2.25. The maximum absolute atomic E-state index is 12.0. The van der Waals surface area contributed by atoms with Gasteiger partial charge < -0.3 is 10.0 Å². The van der Waals surface area contributed by atoms with E-state index in [0.717, 1.165) is 0 Å². The standard InChI is InChI=1S/C13H17NO2/c1-10(2)13(16)8-14(9-13)12(15)11-6-4-3-5-7-11/h3-7,10,16H,8-9H2,1-2H3. The molecule has 0 aromatic heterocycles. The van der Waals surface area contributed by atoms with E-state index in [-0.39, 0.29) is 11.8 Å². The van der Waals surface area contributed by atoms with Gasteiger partial charge in [-0.3, -0.25) is 4.79 Å². The van der Waals surface area contributed by atoms with Gasteiger partial charge in [-0.15, -0.1) is 0 Å². The van der Waals surface area contributed by atoms with Gasteiger partial charge in [0.1, 0.15) is 5.60 Å². The van der Waals surface area contributed by atoms with E-state index in [0.29, 0.717) is 18.7 Å². The molecule has 1 fully saturated rings. The fraction of sp³-hybridized carbons (Fsp3) is 0.462. The van der Waals surface area contributed by atoms with Crippen LogP contribution in [0.15, 0.2) is 30.3 Å². The molecule has 1 saturated heterocycles. The largest absolute Gasteiger partial charge is 0.386 e. The van der Waals surface area contributed by atoms with E-state index < -0.39 is 5.60 Å². The summed E-state index contributed by atoms with van der Waals surface area (Å²) in [4.78, 5) is 13.6. The summed E-state index contributed by atoms with van der Waals surface area (Å²) in [5, 5.41) is 10.1. The van der Waals surface area contributed by atoms with Crippen LogP contribution < -0.4 is 0 Å². The summed E-state index contributed by atoms with van der Waals surface area (Å²) in [6, 6.07) is 9.19. The van der Waals surface area contributed by atoms with E-state index in [1.54, 1.807) is 17.0 Å². The predicted octanol–water partition coefficient (Wildman–Crippen LogP) is 1.53. The summed E-state index contributed by atoms with van der Waals surface area (Å²) >= 11 is 0. The normalized spacial score (nSPS) is 18.4. The highest BCUT2D eigenvalue weighted by molar-refractivity contribution is 5.94. The minimum absolute atomic E-state index is 0.00549. The van der Waals surface area contributed by atoms with Crippen LogP contribution in [0.3, 0.4) is 0 Å². The summed E-state index contributed by atoms with van der Waals surface area (Å²) in [6.45, 7) is 4.84. The maximum atomic E-state index is 12.0. The van der Waals surface area contributed by atoms with E-state index in [1.165, 1.54) is 0 Å². The van der Waals surface area contributed by atoms with Crippen LogP contribution in [0.1, 0.15) is 24.2 Å². The summed E-state index contributed by atoms with van der Waals surface area (Å²) < 4.78 is 0. The quantitative estimate of drug-likeness (QED) is 0.819. The van der Waals surface area contributed by atoms with Crippen molar-refractivity contribution in [1.82, 2.24) is 4.90 Å². The van der Waals surface area contributed by atoms with Crippen LogP contribution in [0.4, 0.5) is 0 Å². The minimum Gasteiger partial charge on any atom is -0.386 e. The van der Waals surface area contributed by atoms with Crippen LogP contribution in [-0.2, 0) is 0 Å². The zero-order chi connectivity index (χ0) is 11.8. The van der Waals surface area contributed by atoms with Crippen molar-refractivity contribution in [3.05, 3.63) is 35.9 Å². The molecule has 86 valence electrons. The highest BCUT2D eigenvalue weighted by Crippen LogP contribution is 2.29. The van der Waals surface area contributed by atoms with Gasteiger partial charge in [-0.25, -0.2) is 0 Å². The van der Waals surface area contributed by atoms with Gasteiger partial charge in [0.05, 0.1) is 13.1 Å². The van der Waals surface area contributed by atoms with E-state index in [9.17, 15) is 9.90 Å². The molecule has 0 bridgehead atoms. The third kappa shape index (κ3) is 1.83. The number of hydrogen-bond donors (Lipinski definition) is 1. The lowest BCUT2D eigenvalue weighted by Gasteiger charge is -2.49. The summed E-state index contributed by atoms with van der Waals surface area (Å²) in [5.74, 6) is 0.193. The van der Waals surface area contributed by atoms with E-state index in [2.05, 4.69) is 0 Å². The number of carbonyl (C=O) groups excluding carboxylic acids is 1. The number of aliphatic hydroxyl groups is 1. The molecule has 3 nitrogen and oxygen atoms in total. The van der Waals surface area contributed by atoms with Gasteiger partial charge in [0.25, 0.3) is 5.91 Å². The molecule has 0 unspecified atom stereocenters. The van der Waals surface area contributed by atoms with Crippen molar-refractivity contribution < 1.29 is 9.90 Å². The molecule has 1 N–H and O–H groups in total. The molecule has 0 atom stereocenters. The second kappa shape index (κ2) is 3.91. The van der Waals surface area contributed by atoms with Crippen LogP contribution in [0.2, 0.25) is 0 Å². The number of amides is 1. The van der Waals surface area contributed by atoms with Crippen molar-refractivity contribution in [2.24, 2.45) is 5.92 Å². The van der Waals surface area contributed by atoms with E-state index >= 15 is 0 Å². The number of rotatable bonds is 2. The van der Waals surface area contributed by atoms with Crippen molar-refractivity contribution in [2.75, 3.05) is 13.1 Å². The fourth-order valence-corrected chi connectivity index (χ4v) is 1.89. The molecule has 1 aliphatic heterocycles. The van der Waals surface area contributed by atoms with Gasteiger partial charge in [-0.1, -0.05) is 32.0 Å². The molecule has 2 rings (SSSR count). The molecule has 16 heavy (non-hydrogen) atoms. The second-order valence-electron chi connectivity index (χ2n) is 4.79. The lowest BCUT2D eigenvalue weighted by Crippen LogP contribution is -2.65. The average molecular weight is 219 g/mol. The highest BCUT2D eigenvalue weighted by Gasteiger charge is 2.45. The molecule has 1 aromatic carbocycles. The molecule has 1 heterocycles. The molecule has 0 saturated carbocycles. The van der Waals surface area contributed by atoms with Gasteiger partial charge in [0.15, 0.2) is 0 Å². The maximum Gasteiger partial charge on any atom is 0.254 e. The number of likely N-dealkylation sites (tertiary alicyclic amines) is 1.